The molecule has 2 N–H and O–H groups in total. The number of rotatable bonds is 5. The highest BCUT2D eigenvalue weighted by Crippen LogP contribution is 2.42. The minimum atomic E-state index is 0.118. The summed E-state index contributed by atoms with van der Waals surface area (Å²) >= 11 is 0. The number of benzene rings is 3. The Hall–Kier alpha value is -3.46. The van der Waals surface area contributed by atoms with Gasteiger partial charge in [-0.1, -0.05) is 48.5 Å². The Morgan fingerprint density at radius 1 is 0.700 bits per heavy atom. The third-order valence-corrected chi connectivity index (χ3v) is 5.99. The number of aromatic nitrogens is 2. The van der Waals surface area contributed by atoms with Crippen LogP contribution < -0.4 is 4.74 Å². The Balaban J connectivity index is 1.80. The molecule has 0 radical (unpaired) electrons. The van der Waals surface area contributed by atoms with E-state index >= 15 is 0 Å². The average molecular weight is 395 g/mol. The Kier molecular flexibility index (Phi) is 4.59. The summed E-state index contributed by atoms with van der Waals surface area (Å²) < 4.78 is 5.70. The lowest BCUT2D eigenvalue weighted by molar-refractivity contribution is 0.340. The first-order chi connectivity index (χ1) is 14.7. The van der Waals surface area contributed by atoms with Crippen LogP contribution in [0.25, 0.3) is 21.8 Å². The molecule has 0 bridgehead atoms. The molecule has 3 aromatic carbocycles. The number of hydrogen-bond donors (Lipinski definition) is 2. The maximum absolute atomic E-state index is 5.70. The van der Waals surface area contributed by atoms with Gasteiger partial charge in [0.1, 0.15) is 5.75 Å². The number of nitrogens with one attached hydrogen (secondary N) is 2. The highest BCUT2D eigenvalue weighted by Gasteiger charge is 2.27. The van der Waals surface area contributed by atoms with E-state index in [1.807, 2.05) is 6.92 Å². The predicted octanol–water partition coefficient (Wildman–Crippen LogP) is 6.84. The molecular formula is C27H26N2O. The van der Waals surface area contributed by atoms with Crippen molar-refractivity contribution < 1.29 is 4.74 Å². The highest BCUT2D eigenvalue weighted by atomic mass is 16.5. The number of aryl methyl sites for hydroxylation is 2. The summed E-state index contributed by atoms with van der Waals surface area (Å²) in [4.78, 5) is 7.21. The molecule has 0 amide bonds. The third kappa shape index (κ3) is 2.98. The van der Waals surface area contributed by atoms with Crippen molar-refractivity contribution >= 4 is 21.8 Å². The summed E-state index contributed by atoms with van der Waals surface area (Å²) in [6.07, 6.45) is 0. The largest absolute Gasteiger partial charge is 0.494 e. The molecule has 3 nitrogen and oxygen atoms in total. The maximum atomic E-state index is 5.70. The zero-order valence-corrected chi connectivity index (χ0v) is 17.6. The molecular weight excluding hydrogens is 368 g/mol. The Morgan fingerprint density at radius 2 is 1.20 bits per heavy atom. The van der Waals surface area contributed by atoms with E-state index in [0.717, 1.165) is 5.75 Å². The van der Waals surface area contributed by atoms with E-state index in [-0.39, 0.29) is 5.92 Å². The summed E-state index contributed by atoms with van der Waals surface area (Å²) in [5.74, 6) is 1.03. The predicted molar refractivity (Wildman–Crippen MR) is 125 cm³/mol. The second-order valence-corrected chi connectivity index (χ2v) is 7.85. The molecule has 0 aliphatic heterocycles. The summed E-state index contributed by atoms with van der Waals surface area (Å²) in [5, 5.41) is 2.55. The molecule has 5 rings (SSSR count). The number of aromatic amines is 2. The van der Waals surface area contributed by atoms with Crippen molar-refractivity contribution in [1.29, 1.82) is 0 Å². The van der Waals surface area contributed by atoms with Gasteiger partial charge in [-0.25, -0.2) is 0 Å². The molecule has 0 fully saturated rings. The van der Waals surface area contributed by atoms with Crippen LogP contribution in [0.4, 0.5) is 0 Å². The van der Waals surface area contributed by atoms with Crippen LogP contribution in [0.2, 0.25) is 0 Å². The van der Waals surface area contributed by atoms with Crippen LogP contribution in [0.1, 0.15) is 40.9 Å². The highest BCUT2D eigenvalue weighted by molar-refractivity contribution is 5.90. The van der Waals surface area contributed by atoms with Crippen molar-refractivity contribution in [1.82, 2.24) is 9.97 Å². The van der Waals surface area contributed by atoms with Gasteiger partial charge < -0.3 is 14.7 Å². The molecule has 0 saturated carbocycles. The molecule has 5 aromatic rings. The van der Waals surface area contributed by atoms with Gasteiger partial charge in [-0.2, -0.15) is 0 Å². The molecule has 0 aliphatic rings. The number of ether oxygens (including phenoxy) is 1. The van der Waals surface area contributed by atoms with Gasteiger partial charge in [0.2, 0.25) is 0 Å². The van der Waals surface area contributed by atoms with Gasteiger partial charge in [0, 0.05) is 39.1 Å². The zero-order chi connectivity index (χ0) is 20.7. The van der Waals surface area contributed by atoms with Crippen molar-refractivity contribution in [3.63, 3.8) is 0 Å². The summed E-state index contributed by atoms with van der Waals surface area (Å²) in [5.41, 5.74) is 8.71. The molecule has 150 valence electrons. The van der Waals surface area contributed by atoms with E-state index in [2.05, 4.69) is 96.6 Å². The lowest BCUT2D eigenvalue weighted by atomic mass is 9.82. The number of fused-ring (bicyclic) bond motifs is 2. The van der Waals surface area contributed by atoms with Crippen LogP contribution >= 0.6 is 0 Å². The third-order valence-electron chi connectivity index (χ3n) is 5.99. The summed E-state index contributed by atoms with van der Waals surface area (Å²) in [7, 11) is 0. The first-order valence-corrected chi connectivity index (χ1v) is 10.5. The van der Waals surface area contributed by atoms with Crippen LogP contribution in [-0.2, 0) is 0 Å². The smallest absolute Gasteiger partial charge is 0.119 e. The zero-order valence-electron chi connectivity index (χ0n) is 17.6. The Labute approximate surface area is 176 Å². The first kappa shape index (κ1) is 18.6. The number of H-pyrrole nitrogens is 2. The van der Waals surface area contributed by atoms with Gasteiger partial charge >= 0.3 is 0 Å². The van der Waals surface area contributed by atoms with E-state index in [1.165, 1.54) is 49.9 Å². The minimum absolute atomic E-state index is 0.118. The Morgan fingerprint density at radius 3 is 1.70 bits per heavy atom. The first-order valence-electron chi connectivity index (χ1n) is 10.5. The van der Waals surface area contributed by atoms with Gasteiger partial charge in [0.05, 0.1) is 6.61 Å². The van der Waals surface area contributed by atoms with Crippen molar-refractivity contribution in [3.8, 4) is 5.75 Å². The Bertz CT molecular complexity index is 1240. The van der Waals surface area contributed by atoms with Gasteiger partial charge in [0.15, 0.2) is 0 Å². The van der Waals surface area contributed by atoms with E-state index < -0.39 is 0 Å². The van der Waals surface area contributed by atoms with Crippen LogP contribution in [-0.4, -0.2) is 16.6 Å². The lowest BCUT2D eigenvalue weighted by Gasteiger charge is -2.20. The molecule has 2 heterocycles. The van der Waals surface area contributed by atoms with Crippen molar-refractivity contribution in [3.05, 3.63) is 101 Å². The average Bonchev–Trinajstić information content (AvgIpc) is 3.26. The quantitative estimate of drug-likeness (QED) is 0.336. The number of para-hydroxylation sites is 2. The molecule has 0 saturated heterocycles. The van der Waals surface area contributed by atoms with Crippen LogP contribution in [0, 0.1) is 13.8 Å². The van der Waals surface area contributed by atoms with E-state index in [1.54, 1.807) is 0 Å². The van der Waals surface area contributed by atoms with Gasteiger partial charge in [0.25, 0.3) is 0 Å². The normalized spacial score (nSPS) is 11.6. The number of hydrogen-bond acceptors (Lipinski definition) is 1. The van der Waals surface area contributed by atoms with E-state index in [4.69, 9.17) is 4.74 Å². The van der Waals surface area contributed by atoms with Gasteiger partial charge in [-0.3, -0.25) is 0 Å². The molecule has 0 unspecified atom stereocenters. The second-order valence-electron chi connectivity index (χ2n) is 7.85. The molecule has 0 aliphatic carbocycles. The second kappa shape index (κ2) is 7.42. The van der Waals surface area contributed by atoms with E-state index in [9.17, 15) is 0 Å². The SMILES string of the molecule is CCOc1ccc(C(c2c(C)[nH]c3ccccc23)c2c(C)[nH]c3ccccc23)cc1. The lowest BCUT2D eigenvalue weighted by Crippen LogP contribution is -2.06. The van der Waals surface area contributed by atoms with Crippen molar-refractivity contribution in [2.24, 2.45) is 0 Å². The molecule has 2 aromatic heterocycles. The van der Waals surface area contributed by atoms with Crippen LogP contribution in [0.5, 0.6) is 5.75 Å². The van der Waals surface area contributed by atoms with Crippen LogP contribution in [0.15, 0.2) is 72.8 Å². The van der Waals surface area contributed by atoms with Crippen molar-refractivity contribution in [2.75, 3.05) is 6.61 Å². The van der Waals surface area contributed by atoms with Gasteiger partial charge in [-0.15, -0.1) is 0 Å². The van der Waals surface area contributed by atoms with E-state index in [0.29, 0.717) is 6.61 Å². The molecule has 0 spiro atoms. The van der Waals surface area contributed by atoms with Gasteiger partial charge in [-0.05, 0) is 61.7 Å². The maximum Gasteiger partial charge on any atom is 0.119 e. The fourth-order valence-corrected chi connectivity index (χ4v) is 4.74. The fourth-order valence-electron chi connectivity index (χ4n) is 4.74. The topological polar surface area (TPSA) is 40.8 Å². The molecule has 0 atom stereocenters. The summed E-state index contributed by atoms with van der Waals surface area (Å²) in [6.45, 7) is 7.05. The summed E-state index contributed by atoms with van der Waals surface area (Å²) in [6, 6.07) is 25.8. The molecule has 30 heavy (non-hydrogen) atoms. The standard InChI is InChI=1S/C27H26N2O/c1-4-30-20-15-13-19(14-16-20)27(25-17(2)28-23-11-7-5-9-21(23)25)26-18(3)29-24-12-8-6-10-22(24)26/h5-16,27-29H,4H2,1-3H3. The monoisotopic (exact) mass is 394 g/mol. The van der Waals surface area contributed by atoms with Crippen molar-refractivity contribution in [2.45, 2.75) is 26.7 Å². The van der Waals surface area contributed by atoms with Crippen LogP contribution in [0.3, 0.4) is 0 Å². The minimum Gasteiger partial charge on any atom is -0.494 e. The molecule has 3 heteroatoms. The fraction of sp³-hybridized carbons (Fsp3) is 0.185.